The second kappa shape index (κ2) is 9.16. The number of ether oxygens (including phenoxy) is 2. The van der Waals surface area contributed by atoms with E-state index in [4.69, 9.17) is 21.1 Å². The highest BCUT2D eigenvalue weighted by molar-refractivity contribution is 7.19. The number of amides is 1. The second-order valence-corrected chi connectivity index (χ2v) is 11.0. The molecular weight excluding hydrogens is 462 g/mol. The molecule has 178 valence electrons. The summed E-state index contributed by atoms with van der Waals surface area (Å²) in [6.07, 6.45) is 1.13. The quantitative estimate of drug-likeness (QED) is 0.519. The number of thiophene rings is 1. The molecule has 9 heteroatoms. The summed E-state index contributed by atoms with van der Waals surface area (Å²) >= 11 is 7.97. The fourth-order valence-corrected chi connectivity index (χ4v) is 5.43. The van der Waals surface area contributed by atoms with Gasteiger partial charge in [-0.1, -0.05) is 11.6 Å². The zero-order valence-corrected chi connectivity index (χ0v) is 21.2. The molecule has 1 aliphatic heterocycles. The van der Waals surface area contributed by atoms with Gasteiger partial charge in [-0.15, -0.1) is 11.3 Å². The molecule has 0 spiro atoms. The van der Waals surface area contributed by atoms with Crippen molar-refractivity contribution in [1.29, 1.82) is 0 Å². The van der Waals surface area contributed by atoms with E-state index < -0.39 is 5.60 Å². The number of aliphatic hydroxyl groups is 1. The Morgan fingerprint density at radius 3 is 2.61 bits per heavy atom. The molecule has 1 aliphatic rings. The minimum Gasteiger partial charge on any atom is -0.489 e. The highest BCUT2D eigenvalue weighted by Gasteiger charge is 2.29. The highest BCUT2D eigenvalue weighted by atomic mass is 35.5. The summed E-state index contributed by atoms with van der Waals surface area (Å²) in [5.41, 5.74) is 3.08. The summed E-state index contributed by atoms with van der Waals surface area (Å²) in [4.78, 5) is 15.0. The molecule has 0 radical (unpaired) electrons. The zero-order chi connectivity index (χ0) is 23.9. The number of likely N-dealkylation sites (tertiary alicyclic amines) is 1. The number of benzene rings is 1. The van der Waals surface area contributed by atoms with E-state index in [1.807, 2.05) is 57.6 Å². The minimum absolute atomic E-state index is 0.0155. The van der Waals surface area contributed by atoms with Gasteiger partial charge in [-0.25, -0.2) is 4.79 Å². The van der Waals surface area contributed by atoms with Crippen molar-refractivity contribution in [3.8, 4) is 17.0 Å². The summed E-state index contributed by atoms with van der Waals surface area (Å²) in [5, 5.41) is 14.8. The van der Waals surface area contributed by atoms with Gasteiger partial charge in [0.2, 0.25) is 0 Å². The molecule has 3 heterocycles. The van der Waals surface area contributed by atoms with Crippen molar-refractivity contribution in [2.24, 2.45) is 7.05 Å². The van der Waals surface area contributed by atoms with Gasteiger partial charge >= 0.3 is 6.09 Å². The second-order valence-electron chi connectivity index (χ2n) is 9.44. The lowest BCUT2D eigenvalue weighted by Gasteiger charge is -2.34. The van der Waals surface area contributed by atoms with Gasteiger partial charge < -0.3 is 19.5 Å². The standard InChI is InChI=1S/C24H30ClN3O4S/c1-14-10-15(25)11-18(20-22-19(26-27(20)5)12-17(13-29)33-22)21(14)31-16-6-8-28(9-7-16)23(30)32-24(2,3)4/h10-12,16,29H,6-9,13H2,1-5H3. The van der Waals surface area contributed by atoms with Crippen molar-refractivity contribution in [3.63, 3.8) is 0 Å². The van der Waals surface area contributed by atoms with Gasteiger partial charge in [0.05, 0.1) is 17.0 Å². The number of carbonyl (C=O) groups excluding carboxylic acids is 1. The molecular formula is C24H30ClN3O4S. The van der Waals surface area contributed by atoms with Crippen LogP contribution in [0.4, 0.5) is 4.79 Å². The monoisotopic (exact) mass is 491 g/mol. The van der Waals surface area contributed by atoms with Crippen molar-refractivity contribution in [2.75, 3.05) is 13.1 Å². The van der Waals surface area contributed by atoms with Crippen molar-refractivity contribution in [3.05, 3.63) is 33.7 Å². The Morgan fingerprint density at radius 2 is 1.97 bits per heavy atom. The molecule has 0 aliphatic carbocycles. The lowest BCUT2D eigenvalue weighted by atomic mass is 10.0. The summed E-state index contributed by atoms with van der Waals surface area (Å²) in [7, 11) is 1.90. The lowest BCUT2D eigenvalue weighted by Crippen LogP contribution is -2.44. The Kier molecular flexibility index (Phi) is 6.62. The van der Waals surface area contributed by atoms with E-state index in [0.29, 0.717) is 18.1 Å². The molecule has 1 amide bonds. The average Bonchev–Trinajstić information content (AvgIpc) is 3.25. The molecule has 2 aromatic heterocycles. The zero-order valence-electron chi connectivity index (χ0n) is 19.6. The highest BCUT2D eigenvalue weighted by Crippen LogP contribution is 2.42. The van der Waals surface area contributed by atoms with Crippen molar-refractivity contribution >= 4 is 39.2 Å². The first-order chi connectivity index (χ1) is 15.6. The lowest BCUT2D eigenvalue weighted by molar-refractivity contribution is 0.0126. The number of carbonyl (C=O) groups is 1. The normalized spacial score (nSPS) is 15.3. The van der Waals surface area contributed by atoms with Crippen LogP contribution in [0.5, 0.6) is 5.75 Å². The fraction of sp³-hybridized carbons (Fsp3) is 0.500. The molecule has 33 heavy (non-hydrogen) atoms. The third kappa shape index (κ3) is 5.13. The summed E-state index contributed by atoms with van der Waals surface area (Å²) in [6, 6.07) is 5.72. The van der Waals surface area contributed by atoms with Crippen LogP contribution in [0.25, 0.3) is 21.5 Å². The predicted octanol–water partition coefficient (Wildman–Crippen LogP) is 5.53. The number of nitrogens with zero attached hydrogens (tertiary/aromatic N) is 3. The number of fused-ring (bicyclic) bond motifs is 1. The van der Waals surface area contributed by atoms with Gasteiger partial charge in [-0.2, -0.15) is 5.10 Å². The van der Waals surface area contributed by atoms with Crippen LogP contribution in [0.2, 0.25) is 5.02 Å². The van der Waals surface area contributed by atoms with E-state index in [1.54, 1.807) is 4.90 Å². The SMILES string of the molecule is Cc1cc(Cl)cc(-c2c3sc(CO)cc3nn2C)c1OC1CCN(C(=O)OC(C)(C)C)CC1. The molecule has 0 saturated carbocycles. The van der Waals surface area contributed by atoms with Gasteiger partial charge in [0, 0.05) is 48.4 Å². The Hall–Kier alpha value is -2.29. The maximum atomic E-state index is 12.4. The first-order valence-electron chi connectivity index (χ1n) is 11.1. The summed E-state index contributed by atoms with van der Waals surface area (Å²) in [5.74, 6) is 0.777. The van der Waals surface area contributed by atoms with Crippen LogP contribution in [-0.4, -0.2) is 50.7 Å². The first-order valence-corrected chi connectivity index (χ1v) is 12.3. The number of aromatic nitrogens is 2. The maximum absolute atomic E-state index is 12.4. The molecule has 1 aromatic carbocycles. The van der Waals surface area contributed by atoms with E-state index in [1.165, 1.54) is 11.3 Å². The fourth-order valence-electron chi connectivity index (χ4n) is 4.12. The largest absolute Gasteiger partial charge is 0.489 e. The van der Waals surface area contributed by atoms with E-state index in [9.17, 15) is 9.90 Å². The maximum Gasteiger partial charge on any atom is 0.410 e. The minimum atomic E-state index is -0.508. The number of rotatable bonds is 4. The predicted molar refractivity (Wildman–Crippen MR) is 131 cm³/mol. The molecule has 4 rings (SSSR count). The molecule has 3 aromatic rings. The Labute approximate surface area is 202 Å². The van der Waals surface area contributed by atoms with E-state index in [-0.39, 0.29) is 18.8 Å². The molecule has 0 bridgehead atoms. The Balaban J connectivity index is 1.59. The summed E-state index contributed by atoms with van der Waals surface area (Å²) in [6.45, 7) is 8.76. The first kappa shape index (κ1) is 23.9. The Bertz CT molecular complexity index is 1170. The van der Waals surface area contributed by atoms with Crippen LogP contribution in [0.3, 0.4) is 0 Å². The third-order valence-corrected chi connectivity index (χ3v) is 6.92. The number of hydrogen-bond donors (Lipinski definition) is 1. The van der Waals surface area contributed by atoms with Crippen LogP contribution >= 0.6 is 22.9 Å². The number of aliphatic hydroxyl groups excluding tert-OH is 1. The van der Waals surface area contributed by atoms with E-state index in [2.05, 4.69) is 5.10 Å². The van der Waals surface area contributed by atoms with Gasteiger partial charge in [0.1, 0.15) is 23.0 Å². The van der Waals surface area contributed by atoms with Crippen LogP contribution < -0.4 is 4.74 Å². The van der Waals surface area contributed by atoms with Crippen molar-refractivity contribution in [1.82, 2.24) is 14.7 Å². The van der Waals surface area contributed by atoms with Crippen LogP contribution in [-0.2, 0) is 18.4 Å². The van der Waals surface area contributed by atoms with E-state index >= 15 is 0 Å². The molecule has 1 N–H and O–H groups in total. The number of piperidine rings is 1. The van der Waals surface area contributed by atoms with Crippen LogP contribution in [0.15, 0.2) is 18.2 Å². The van der Waals surface area contributed by atoms with Crippen molar-refractivity contribution in [2.45, 2.75) is 58.8 Å². The van der Waals surface area contributed by atoms with E-state index in [0.717, 1.165) is 50.5 Å². The number of aryl methyl sites for hydroxylation is 2. The average molecular weight is 492 g/mol. The summed E-state index contributed by atoms with van der Waals surface area (Å²) < 4.78 is 14.9. The molecule has 1 fully saturated rings. The van der Waals surface area contributed by atoms with Gasteiger partial charge in [0.15, 0.2) is 0 Å². The van der Waals surface area contributed by atoms with Gasteiger partial charge in [-0.3, -0.25) is 4.68 Å². The molecule has 0 atom stereocenters. The smallest absolute Gasteiger partial charge is 0.410 e. The van der Waals surface area contributed by atoms with Crippen LogP contribution in [0, 0.1) is 6.92 Å². The molecule has 1 saturated heterocycles. The Morgan fingerprint density at radius 1 is 1.27 bits per heavy atom. The van der Waals surface area contributed by atoms with Crippen LogP contribution in [0.1, 0.15) is 44.1 Å². The number of halogens is 1. The third-order valence-electron chi connectivity index (χ3n) is 5.59. The van der Waals surface area contributed by atoms with Crippen molar-refractivity contribution < 1.29 is 19.4 Å². The molecule has 0 unspecified atom stereocenters. The number of hydrogen-bond acceptors (Lipinski definition) is 6. The van der Waals surface area contributed by atoms with Gasteiger partial charge in [-0.05, 0) is 51.5 Å². The molecule has 7 nitrogen and oxygen atoms in total. The van der Waals surface area contributed by atoms with Gasteiger partial charge in [0.25, 0.3) is 0 Å². The topological polar surface area (TPSA) is 76.8 Å².